The molecule has 0 saturated carbocycles. The molecule has 0 saturated heterocycles. The van der Waals surface area contributed by atoms with E-state index in [2.05, 4.69) is 0 Å². The molecule has 0 atom stereocenters. The summed E-state index contributed by atoms with van der Waals surface area (Å²) in [4.78, 5) is 12.8. The molecule has 1 aromatic rings. The molecule has 1 rings (SSSR count). The average Bonchev–Trinajstić information content (AvgIpc) is 2.09. The van der Waals surface area contributed by atoms with Crippen LogP contribution in [0.5, 0.6) is 0 Å². The van der Waals surface area contributed by atoms with Crippen LogP contribution in [0.1, 0.15) is 17.8 Å². The lowest BCUT2D eigenvalue weighted by molar-refractivity contribution is 0.140. The van der Waals surface area contributed by atoms with Crippen molar-refractivity contribution in [3.63, 3.8) is 0 Å². The van der Waals surface area contributed by atoms with Gasteiger partial charge in [-0.15, -0.1) is 11.6 Å². The zero-order valence-electron chi connectivity index (χ0n) is 6.28. The molecule has 0 amide bonds. The van der Waals surface area contributed by atoms with Crippen LogP contribution < -0.4 is 5.43 Å². The predicted octanol–water partition coefficient (Wildman–Crippen LogP) is 2.19. The predicted molar refractivity (Wildman–Crippen MR) is 41.5 cm³/mol. The van der Waals surface area contributed by atoms with Crippen LogP contribution in [0.4, 0.5) is 13.2 Å². The molecule has 0 bridgehead atoms. The van der Waals surface area contributed by atoms with E-state index in [4.69, 9.17) is 11.6 Å². The van der Waals surface area contributed by atoms with Crippen LogP contribution >= 0.6 is 11.6 Å². The van der Waals surface area contributed by atoms with E-state index in [9.17, 15) is 18.0 Å². The van der Waals surface area contributed by atoms with Gasteiger partial charge in [0.05, 0.1) is 5.88 Å². The molecule has 1 heterocycles. The highest BCUT2D eigenvalue weighted by Crippen LogP contribution is 2.18. The molecule has 0 fully saturated rings. The van der Waals surface area contributed by atoms with Gasteiger partial charge >= 0.3 is 0 Å². The number of alkyl halides is 3. The van der Waals surface area contributed by atoms with E-state index in [-0.39, 0.29) is 11.6 Å². The Bertz CT molecular complexity index is 363. The van der Waals surface area contributed by atoms with Crippen LogP contribution in [0, 0.1) is 5.82 Å². The maximum absolute atomic E-state index is 12.7. The molecular formula is C7H5ClF3NO. The summed E-state index contributed by atoms with van der Waals surface area (Å²) in [5.74, 6) is -1.60. The monoisotopic (exact) mass is 211 g/mol. The zero-order valence-corrected chi connectivity index (χ0v) is 7.04. The van der Waals surface area contributed by atoms with Gasteiger partial charge in [-0.3, -0.25) is 4.79 Å². The third-order valence-corrected chi connectivity index (χ3v) is 1.70. The Morgan fingerprint density at radius 2 is 2.15 bits per heavy atom. The second-order valence-electron chi connectivity index (χ2n) is 2.32. The van der Waals surface area contributed by atoms with E-state index in [1.807, 2.05) is 4.98 Å². The van der Waals surface area contributed by atoms with Gasteiger partial charge in [0.15, 0.2) is 5.82 Å². The number of H-pyrrole nitrogens is 1. The van der Waals surface area contributed by atoms with Gasteiger partial charge in [-0.05, 0) is 0 Å². The number of nitrogens with one attached hydrogen (secondary N) is 1. The molecule has 6 heteroatoms. The van der Waals surface area contributed by atoms with Crippen molar-refractivity contribution >= 4 is 11.6 Å². The summed E-state index contributed by atoms with van der Waals surface area (Å²) in [5, 5.41) is 0. The lowest BCUT2D eigenvalue weighted by Crippen LogP contribution is -2.13. The first-order chi connectivity index (χ1) is 6.06. The molecule has 0 aliphatic rings. The number of rotatable bonds is 2. The largest absolute Gasteiger partial charge is 0.354 e. The Morgan fingerprint density at radius 3 is 2.62 bits per heavy atom. The van der Waals surface area contributed by atoms with Crippen LogP contribution in [0.3, 0.4) is 0 Å². The van der Waals surface area contributed by atoms with Crippen molar-refractivity contribution in [3.05, 3.63) is 33.5 Å². The minimum absolute atomic E-state index is 0.0726. The number of pyridine rings is 1. The fourth-order valence-electron chi connectivity index (χ4n) is 0.841. The highest BCUT2D eigenvalue weighted by Gasteiger charge is 2.17. The van der Waals surface area contributed by atoms with Crippen LogP contribution in [0.15, 0.2) is 10.9 Å². The molecule has 13 heavy (non-hydrogen) atoms. The maximum atomic E-state index is 12.7. The first kappa shape index (κ1) is 10.1. The summed E-state index contributed by atoms with van der Waals surface area (Å²) in [6, 6.07) is 0.855. The third kappa shape index (κ3) is 2.03. The number of hydrogen-bond acceptors (Lipinski definition) is 1. The summed E-state index contributed by atoms with van der Waals surface area (Å²) in [5.41, 5.74) is -2.02. The molecule has 2 nitrogen and oxygen atoms in total. The second-order valence-corrected chi connectivity index (χ2v) is 2.59. The van der Waals surface area contributed by atoms with Gasteiger partial charge in [0.2, 0.25) is 5.43 Å². The first-order valence-corrected chi connectivity index (χ1v) is 3.85. The molecule has 0 radical (unpaired) electrons. The van der Waals surface area contributed by atoms with Crippen molar-refractivity contribution in [2.24, 2.45) is 0 Å². The van der Waals surface area contributed by atoms with Gasteiger partial charge in [-0.2, -0.15) is 0 Å². The molecule has 1 N–H and O–H groups in total. The average molecular weight is 212 g/mol. The maximum Gasteiger partial charge on any atom is 0.281 e. The number of hydrogen-bond donors (Lipinski definition) is 1. The van der Waals surface area contributed by atoms with Gasteiger partial charge < -0.3 is 4.98 Å². The summed E-state index contributed by atoms with van der Waals surface area (Å²) in [6.07, 6.45) is -3.05. The Morgan fingerprint density at radius 1 is 1.54 bits per heavy atom. The van der Waals surface area contributed by atoms with Crippen molar-refractivity contribution in [2.75, 3.05) is 0 Å². The lowest BCUT2D eigenvalue weighted by Gasteiger charge is -2.03. The summed E-state index contributed by atoms with van der Waals surface area (Å²) >= 11 is 5.29. The van der Waals surface area contributed by atoms with Crippen molar-refractivity contribution in [3.8, 4) is 0 Å². The van der Waals surface area contributed by atoms with Crippen molar-refractivity contribution in [1.82, 2.24) is 4.98 Å². The molecule has 0 aliphatic heterocycles. The van der Waals surface area contributed by atoms with Crippen LogP contribution in [0.2, 0.25) is 0 Å². The molecular weight excluding hydrogens is 207 g/mol. The summed E-state index contributed by atoms with van der Waals surface area (Å²) < 4.78 is 36.8. The molecule has 0 aliphatic carbocycles. The van der Waals surface area contributed by atoms with Crippen LogP contribution in [-0.4, -0.2) is 4.98 Å². The molecule has 0 unspecified atom stereocenters. The number of aromatic nitrogens is 1. The standard InChI is InChI=1S/C7H5ClF3NO/c8-2-3-1-4(13)5(9)6(12-3)7(10)11/h1,7H,2H2,(H,12,13). The SMILES string of the molecule is O=c1cc(CCl)[nH]c(C(F)F)c1F. The van der Waals surface area contributed by atoms with Gasteiger partial charge in [0.25, 0.3) is 6.43 Å². The van der Waals surface area contributed by atoms with Gasteiger partial charge in [0, 0.05) is 11.8 Å². The first-order valence-electron chi connectivity index (χ1n) is 3.32. The van der Waals surface area contributed by atoms with E-state index in [0.29, 0.717) is 0 Å². The lowest BCUT2D eigenvalue weighted by atomic mass is 10.3. The summed E-state index contributed by atoms with van der Waals surface area (Å²) in [6.45, 7) is 0. The van der Waals surface area contributed by atoms with E-state index >= 15 is 0 Å². The van der Waals surface area contributed by atoms with Gasteiger partial charge in [-0.25, -0.2) is 13.2 Å². The number of halogens is 4. The van der Waals surface area contributed by atoms with E-state index in [1.165, 1.54) is 0 Å². The smallest absolute Gasteiger partial charge is 0.281 e. The van der Waals surface area contributed by atoms with Gasteiger partial charge in [0.1, 0.15) is 5.69 Å². The quantitative estimate of drug-likeness (QED) is 0.748. The van der Waals surface area contributed by atoms with Crippen molar-refractivity contribution in [2.45, 2.75) is 12.3 Å². The Labute approximate surface area is 76.3 Å². The molecule has 72 valence electrons. The summed E-state index contributed by atoms with van der Waals surface area (Å²) in [7, 11) is 0. The molecule has 0 aromatic carbocycles. The van der Waals surface area contributed by atoms with Crippen LogP contribution in [0.25, 0.3) is 0 Å². The minimum Gasteiger partial charge on any atom is -0.354 e. The van der Waals surface area contributed by atoms with E-state index in [1.54, 1.807) is 0 Å². The Kier molecular flexibility index (Phi) is 2.98. The fourth-order valence-corrected chi connectivity index (χ4v) is 0.985. The third-order valence-electron chi connectivity index (χ3n) is 1.42. The highest BCUT2D eigenvalue weighted by molar-refractivity contribution is 6.16. The second kappa shape index (κ2) is 3.83. The Balaban J connectivity index is 3.33. The van der Waals surface area contributed by atoms with Crippen LogP contribution in [-0.2, 0) is 5.88 Å². The van der Waals surface area contributed by atoms with Crippen molar-refractivity contribution < 1.29 is 13.2 Å². The fraction of sp³-hybridized carbons (Fsp3) is 0.286. The zero-order chi connectivity index (χ0) is 10.0. The van der Waals surface area contributed by atoms with E-state index in [0.717, 1.165) is 6.07 Å². The molecule has 1 aromatic heterocycles. The normalized spacial score (nSPS) is 10.8. The topological polar surface area (TPSA) is 32.9 Å². The van der Waals surface area contributed by atoms with Crippen molar-refractivity contribution in [1.29, 1.82) is 0 Å². The van der Waals surface area contributed by atoms with Gasteiger partial charge in [-0.1, -0.05) is 0 Å². The highest BCUT2D eigenvalue weighted by atomic mass is 35.5. The van der Waals surface area contributed by atoms with E-state index < -0.39 is 23.4 Å². The molecule has 0 spiro atoms. The minimum atomic E-state index is -3.05. The Hall–Kier alpha value is -0.970. The number of aromatic amines is 1.